The Labute approximate surface area is 201 Å². The van der Waals surface area contributed by atoms with Gasteiger partial charge in [-0.2, -0.15) is 0 Å². The first-order valence-corrected chi connectivity index (χ1v) is 13.8. The second kappa shape index (κ2) is 10.4. The number of hydrogen-bond donors (Lipinski definition) is 2. The SMILES string of the molecule is O=C(NC1CCCCCCC1)N1CCN(Cc2nc3scc(-c4cccs4)c3c(=O)[nH]2)CC1. The summed E-state index contributed by atoms with van der Waals surface area (Å²) >= 11 is 3.15. The Kier molecular flexibility index (Phi) is 7.08. The molecule has 9 heteroatoms. The lowest BCUT2D eigenvalue weighted by atomic mass is 9.97. The number of aromatic amines is 1. The van der Waals surface area contributed by atoms with Gasteiger partial charge in [0.05, 0.1) is 11.9 Å². The standard InChI is InChI=1S/C24H31N5O2S2/c30-22-21-18(19-9-6-14-32-19)16-33-23(21)27-20(26-22)15-28-10-12-29(13-11-28)24(31)25-17-7-4-2-1-3-5-8-17/h6,9,14,16-17H,1-5,7-8,10-13,15H2,(H,25,31)(H,26,27,30). The molecule has 0 aromatic carbocycles. The maximum Gasteiger partial charge on any atom is 0.317 e. The maximum absolute atomic E-state index is 12.8. The topological polar surface area (TPSA) is 81.3 Å². The molecular weight excluding hydrogens is 454 g/mol. The second-order valence-corrected chi connectivity index (χ2v) is 10.9. The Balaban J connectivity index is 1.17. The number of fused-ring (bicyclic) bond motifs is 1. The van der Waals surface area contributed by atoms with Crippen LogP contribution in [-0.4, -0.2) is 58.0 Å². The number of hydrogen-bond acceptors (Lipinski definition) is 6. The molecule has 1 saturated heterocycles. The number of nitrogens with zero attached hydrogens (tertiary/aromatic N) is 3. The van der Waals surface area contributed by atoms with Crippen LogP contribution in [0.3, 0.4) is 0 Å². The number of urea groups is 1. The summed E-state index contributed by atoms with van der Waals surface area (Å²) in [6, 6.07) is 4.43. The molecule has 4 heterocycles. The third-order valence-corrected chi connectivity index (χ3v) is 8.52. The molecule has 7 nitrogen and oxygen atoms in total. The summed E-state index contributed by atoms with van der Waals surface area (Å²) in [5.41, 5.74) is 0.895. The van der Waals surface area contributed by atoms with Crippen molar-refractivity contribution >= 4 is 38.9 Å². The van der Waals surface area contributed by atoms with E-state index in [2.05, 4.69) is 15.2 Å². The highest BCUT2D eigenvalue weighted by molar-refractivity contribution is 7.18. The molecule has 0 spiro atoms. The molecule has 2 amide bonds. The first-order chi connectivity index (χ1) is 16.2. The van der Waals surface area contributed by atoms with Crippen LogP contribution in [0.5, 0.6) is 0 Å². The minimum absolute atomic E-state index is 0.0723. The van der Waals surface area contributed by atoms with Gasteiger partial charge < -0.3 is 15.2 Å². The molecule has 2 fully saturated rings. The molecule has 3 aromatic rings. The van der Waals surface area contributed by atoms with Crippen molar-refractivity contribution in [2.24, 2.45) is 0 Å². The molecule has 1 aliphatic heterocycles. The molecule has 0 atom stereocenters. The maximum atomic E-state index is 12.8. The molecule has 0 unspecified atom stereocenters. The van der Waals surface area contributed by atoms with Crippen LogP contribution in [0.15, 0.2) is 27.7 Å². The van der Waals surface area contributed by atoms with Crippen molar-refractivity contribution in [1.29, 1.82) is 0 Å². The number of H-pyrrole nitrogens is 1. The van der Waals surface area contributed by atoms with Crippen LogP contribution >= 0.6 is 22.7 Å². The Morgan fingerprint density at radius 3 is 2.58 bits per heavy atom. The predicted octanol–water partition coefficient (Wildman–Crippen LogP) is 4.65. The van der Waals surface area contributed by atoms with Gasteiger partial charge >= 0.3 is 6.03 Å². The van der Waals surface area contributed by atoms with Crippen LogP contribution in [0.4, 0.5) is 4.79 Å². The molecule has 1 saturated carbocycles. The summed E-state index contributed by atoms with van der Waals surface area (Å²) in [7, 11) is 0. The van der Waals surface area contributed by atoms with Gasteiger partial charge in [-0.25, -0.2) is 9.78 Å². The predicted molar refractivity (Wildman–Crippen MR) is 135 cm³/mol. The van der Waals surface area contributed by atoms with Crippen LogP contribution in [0.25, 0.3) is 20.7 Å². The highest BCUT2D eigenvalue weighted by atomic mass is 32.1. The van der Waals surface area contributed by atoms with Crippen LogP contribution in [-0.2, 0) is 6.54 Å². The Hall–Kier alpha value is -2.23. The van der Waals surface area contributed by atoms with Crippen LogP contribution in [0, 0.1) is 0 Å². The molecular formula is C24H31N5O2S2. The molecule has 5 rings (SSSR count). The second-order valence-electron chi connectivity index (χ2n) is 9.07. The highest BCUT2D eigenvalue weighted by Crippen LogP contribution is 2.33. The van der Waals surface area contributed by atoms with E-state index in [0.717, 1.165) is 41.2 Å². The lowest BCUT2D eigenvalue weighted by Crippen LogP contribution is -2.53. The first kappa shape index (κ1) is 22.6. The number of carbonyl (C=O) groups excluding carboxylic acids is 1. The molecule has 1 aliphatic carbocycles. The normalized spacial score (nSPS) is 18.8. The van der Waals surface area contributed by atoms with Gasteiger partial charge in [-0.3, -0.25) is 9.69 Å². The number of amides is 2. The zero-order valence-corrected chi connectivity index (χ0v) is 20.5. The summed E-state index contributed by atoms with van der Waals surface area (Å²) in [6.07, 6.45) is 8.54. The molecule has 2 aliphatic rings. The Morgan fingerprint density at radius 2 is 1.85 bits per heavy atom. The minimum Gasteiger partial charge on any atom is -0.335 e. The van der Waals surface area contributed by atoms with Gasteiger partial charge in [0, 0.05) is 48.0 Å². The Morgan fingerprint density at radius 1 is 1.09 bits per heavy atom. The Bertz CT molecular complexity index is 1120. The van der Waals surface area contributed by atoms with E-state index < -0.39 is 0 Å². The van der Waals surface area contributed by atoms with Gasteiger partial charge in [-0.1, -0.05) is 38.2 Å². The van der Waals surface area contributed by atoms with E-state index in [1.54, 1.807) is 11.3 Å². The third-order valence-electron chi connectivity index (χ3n) is 6.75. The number of aromatic nitrogens is 2. The van der Waals surface area contributed by atoms with E-state index >= 15 is 0 Å². The fourth-order valence-corrected chi connectivity index (χ4v) is 6.65. The summed E-state index contributed by atoms with van der Waals surface area (Å²) < 4.78 is 0. The minimum atomic E-state index is -0.0723. The summed E-state index contributed by atoms with van der Waals surface area (Å²) in [6.45, 7) is 3.56. The van der Waals surface area contributed by atoms with Crippen molar-refractivity contribution in [2.75, 3.05) is 26.2 Å². The summed E-state index contributed by atoms with van der Waals surface area (Å²) in [4.78, 5) is 39.4. The molecule has 0 radical (unpaired) electrons. The van der Waals surface area contributed by atoms with Crippen molar-refractivity contribution in [1.82, 2.24) is 25.1 Å². The van der Waals surface area contributed by atoms with Gasteiger partial charge in [0.2, 0.25) is 0 Å². The number of nitrogens with one attached hydrogen (secondary N) is 2. The van der Waals surface area contributed by atoms with Crippen LogP contribution in [0.1, 0.15) is 50.8 Å². The fraction of sp³-hybridized carbons (Fsp3) is 0.542. The lowest BCUT2D eigenvalue weighted by Gasteiger charge is -2.35. The van der Waals surface area contributed by atoms with Crippen molar-refractivity contribution in [2.45, 2.75) is 57.5 Å². The molecule has 2 N–H and O–H groups in total. The third kappa shape index (κ3) is 5.31. The average Bonchev–Trinajstić information content (AvgIpc) is 3.46. The van der Waals surface area contributed by atoms with Gasteiger partial charge in [0.25, 0.3) is 5.56 Å². The molecule has 33 heavy (non-hydrogen) atoms. The van der Waals surface area contributed by atoms with Gasteiger partial charge in [0.1, 0.15) is 10.7 Å². The van der Waals surface area contributed by atoms with E-state index in [-0.39, 0.29) is 11.6 Å². The molecule has 176 valence electrons. The summed E-state index contributed by atoms with van der Waals surface area (Å²) in [5, 5.41) is 8.00. The quantitative estimate of drug-likeness (QED) is 0.564. The van der Waals surface area contributed by atoms with Crippen LogP contribution in [0.2, 0.25) is 0 Å². The van der Waals surface area contributed by atoms with Crippen molar-refractivity contribution in [3.05, 3.63) is 39.1 Å². The number of carbonyl (C=O) groups is 1. The van der Waals surface area contributed by atoms with E-state index in [9.17, 15) is 9.59 Å². The van der Waals surface area contributed by atoms with Gasteiger partial charge in [-0.15, -0.1) is 22.7 Å². The number of thiophene rings is 2. The zero-order chi connectivity index (χ0) is 22.6. The monoisotopic (exact) mass is 485 g/mol. The van der Waals surface area contributed by atoms with E-state index in [0.29, 0.717) is 36.9 Å². The highest BCUT2D eigenvalue weighted by Gasteiger charge is 2.24. The zero-order valence-electron chi connectivity index (χ0n) is 18.8. The average molecular weight is 486 g/mol. The van der Waals surface area contributed by atoms with Crippen molar-refractivity contribution < 1.29 is 4.79 Å². The van der Waals surface area contributed by atoms with Gasteiger partial charge in [0.15, 0.2) is 0 Å². The van der Waals surface area contributed by atoms with E-state index in [4.69, 9.17) is 4.98 Å². The van der Waals surface area contributed by atoms with Crippen molar-refractivity contribution in [3.8, 4) is 10.4 Å². The number of rotatable bonds is 4. The van der Waals surface area contributed by atoms with E-state index in [1.165, 1.54) is 43.4 Å². The van der Waals surface area contributed by atoms with E-state index in [1.807, 2.05) is 27.8 Å². The lowest BCUT2D eigenvalue weighted by molar-refractivity contribution is 0.130. The molecule has 0 bridgehead atoms. The first-order valence-electron chi connectivity index (χ1n) is 12.0. The largest absolute Gasteiger partial charge is 0.335 e. The number of piperazine rings is 1. The van der Waals surface area contributed by atoms with Gasteiger partial charge in [-0.05, 0) is 24.3 Å². The molecule has 3 aromatic heterocycles. The summed E-state index contributed by atoms with van der Waals surface area (Å²) in [5.74, 6) is 0.694. The smallest absolute Gasteiger partial charge is 0.317 e. The van der Waals surface area contributed by atoms with Crippen molar-refractivity contribution in [3.63, 3.8) is 0 Å². The van der Waals surface area contributed by atoms with Crippen LogP contribution < -0.4 is 10.9 Å². The fourth-order valence-electron chi connectivity index (χ4n) is 4.87.